The molecule has 6 atom stereocenters. The molecule has 9 heteroatoms. The lowest BCUT2D eigenvalue weighted by atomic mass is 9.90. The standard InChI is InChI=1S/C25H52NO7P/c1-19(2)9-6-10-20(3)11-7-12-21(4)13-8-14-22(5)15-24(29)25(16-26)33-34(30,31)32-18-23(28)17-27/h19-23,25,27-28H,6-18,26H2,1-5H3,(H,30,31)/t20?,21?,22?,23-,25?/m1/s1. The SMILES string of the molecule is CC(C)CCCC(C)CCCC(C)CCCC(C)CC(=O)C(CN)OP(=O)(O)OC[C@H](O)CO. The lowest BCUT2D eigenvalue weighted by Crippen LogP contribution is -2.33. The molecule has 0 aromatic carbocycles. The van der Waals surface area contributed by atoms with E-state index in [9.17, 15) is 19.4 Å². The van der Waals surface area contributed by atoms with Gasteiger partial charge in [0.1, 0.15) is 12.2 Å². The number of aliphatic hydroxyl groups is 2. The van der Waals surface area contributed by atoms with E-state index < -0.39 is 33.2 Å². The fraction of sp³-hybridized carbons (Fsp3) is 0.960. The fourth-order valence-electron chi connectivity index (χ4n) is 4.03. The Morgan fingerprint density at radius 2 is 1.35 bits per heavy atom. The largest absolute Gasteiger partial charge is 0.473 e. The Kier molecular flexibility index (Phi) is 18.7. The number of carbonyl (C=O) groups is 1. The molecule has 0 spiro atoms. The van der Waals surface area contributed by atoms with Crippen LogP contribution in [0, 0.1) is 23.7 Å². The second-order valence-corrected chi connectivity index (χ2v) is 12.0. The summed E-state index contributed by atoms with van der Waals surface area (Å²) in [6, 6.07) is 0. The van der Waals surface area contributed by atoms with Crippen LogP contribution in [0.4, 0.5) is 0 Å². The number of aliphatic hydroxyl groups excluding tert-OH is 2. The van der Waals surface area contributed by atoms with Gasteiger partial charge in [-0.05, 0) is 23.7 Å². The molecule has 0 saturated heterocycles. The van der Waals surface area contributed by atoms with Crippen molar-refractivity contribution in [2.45, 2.75) is 111 Å². The van der Waals surface area contributed by atoms with E-state index in [2.05, 4.69) is 32.2 Å². The van der Waals surface area contributed by atoms with Gasteiger partial charge in [-0.2, -0.15) is 0 Å². The number of carbonyl (C=O) groups excluding carboxylic acids is 1. The molecule has 0 rings (SSSR count). The number of Topliss-reactive ketones (excluding diaryl/α,β-unsaturated/α-hetero) is 1. The summed E-state index contributed by atoms with van der Waals surface area (Å²) in [5, 5.41) is 18.0. The molecule has 0 bridgehead atoms. The van der Waals surface area contributed by atoms with Crippen LogP contribution in [0.5, 0.6) is 0 Å². The number of rotatable bonds is 22. The monoisotopic (exact) mass is 509 g/mol. The lowest BCUT2D eigenvalue weighted by molar-refractivity contribution is -0.127. The third kappa shape index (κ3) is 18.0. The van der Waals surface area contributed by atoms with Crippen LogP contribution in [0.25, 0.3) is 0 Å². The molecular formula is C25H52NO7P. The van der Waals surface area contributed by atoms with Crippen LogP contribution < -0.4 is 5.73 Å². The molecule has 204 valence electrons. The zero-order chi connectivity index (χ0) is 26.1. The third-order valence-electron chi connectivity index (χ3n) is 6.29. The summed E-state index contributed by atoms with van der Waals surface area (Å²) in [7, 11) is -4.56. The molecular weight excluding hydrogens is 457 g/mol. The highest BCUT2D eigenvalue weighted by Gasteiger charge is 2.31. The first-order valence-corrected chi connectivity index (χ1v) is 14.6. The number of phosphoric acid groups is 1. The van der Waals surface area contributed by atoms with E-state index in [4.69, 9.17) is 15.4 Å². The van der Waals surface area contributed by atoms with E-state index in [1.165, 1.54) is 38.5 Å². The molecule has 0 radical (unpaired) electrons. The Balaban J connectivity index is 4.15. The van der Waals surface area contributed by atoms with Crippen LogP contribution in [0.1, 0.15) is 98.8 Å². The topological polar surface area (TPSA) is 139 Å². The van der Waals surface area contributed by atoms with Gasteiger partial charge in [0.2, 0.25) is 0 Å². The molecule has 0 aliphatic heterocycles. The van der Waals surface area contributed by atoms with Crippen LogP contribution in [-0.4, -0.2) is 52.9 Å². The molecule has 0 fully saturated rings. The Bertz CT molecular complexity index is 575. The van der Waals surface area contributed by atoms with Gasteiger partial charge in [-0.25, -0.2) is 4.57 Å². The van der Waals surface area contributed by atoms with Gasteiger partial charge in [0, 0.05) is 13.0 Å². The van der Waals surface area contributed by atoms with Crippen LogP contribution in [-0.2, 0) is 18.4 Å². The highest BCUT2D eigenvalue weighted by molar-refractivity contribution is 7.47. The molecule has 0 aliphatic rings. The fourth-order valence-corrected chi connectivity index (χ4v) is 4.97. The van der Waals surface area contributed by atoms with E-state index in [1.54, 1.807) is 0 Å². The molecule has 8 nitrogen and oxygen atoms in total. The van der Waals surface area contributed by atoms with E-state index >= 15 is 0 Å². The molecule has 0 heterocycles. The third-order valence-corrected chi connectivity index (χ3v) is 7.29. The molecule has 5 N–H and O–H groups in total. The minimum absolute atomic E-state index is 0.119. The van der Waals surface area contributed by atoms with Gasteiger partial charge in [0.15, 0.2) is 5.78 Å². The van der Waals surface area contributed by atoms with E-state index in [0.29, 0.717) is 5.92 Å². The Morgan fingerprint density at radius 3 is 1.79 bits per heavy atom. The van der Waals surface area contributed by atoms with Gasteiger partial charge in [0.05, 0.1) is 13.2 Å². The van der Waals surface area contributed by atoms with E-state index in [1.807, 2.05) is 6.92 Å². The number of hydrogen-bond acceptors (Lipinski definition) is 7. The van der Waals surface area contributed by atoms with Crippen molar-refractivity contribution in [2.75, 3.05) is 19.8 Å². The molecule has 34 heavy (non-hydrogen) atoms. The van der Waals surface area contributed by atoms with Crippen molar-refractivity contribution in [3.05, 3.63) is 0 Å². The first-order chi connectivity index (χ1) is 15.9. The first-order valence-electron chi connectivity index (χ1n) is 13.1. The lowest BCUT2D eigenvalue weighted by Gasteiger charge is -2.21. The predicted octanol–water partition coefficient (Wildman–Crippen LogP) is 4.83. The van der Waals surface area contributed by atoms with Crippen LogP contribution in [0.15, 0.2) is 0 Å². The van der Waals surface area contributed by atoms with Gasteiger partial charge in [-0.3, -0.25) is 13.8 Å². The summed E-state index contributed by atoms with van der Waals surface area (Å²) in [5.74, 6) is 2.04. The summed E-state index contributed by atoms with van der Waals surface area (Å²) < 4.78 is 21.5. The van der Waals surface area contributed by atoms with Gasteiger partial charge < -0.3 is 20.8 Å². The van der Waals surface area contributed by atoms with E-state index in [0.717, 1.165) is 31.1 Å². The Labute approximate surface area is 207 Å². The molecule has 0 saturated carbocycles. The minimum Gasteiger partial charge on any atom is -0.394 e. The van der Waals surface area contributed by atoms with Crippen LogP contribution in [0.2, 0.25) is 0 Å². The van der Waals surface area contributed by atoms with Gasteiger partial charge in [-0.15, -0.1) is 0 Å². The molecule has 0 amide bonds. The van der Waals surface area contributed by atoms with Crippen molar-refractivity contribution < 1.29 is 33.5 Å². The Morgan fingerprint density at radius 1 is 0.882 bits per heavy atom. The zero-order valence-corrected chi connectivity index (χ0v) is 23.1. The second-order valence-electron chi connectivity index (χ2n) is 10.6. The first kappa shape index (κ1) is 33.7. The zero-order valence-electron chi connectivity index (χ0n) is 22.2. The van der Waals surface area contributed by atoms with Crippen molar-refractivity contribution in [1.29, 1.82) is 0 Å². The van der Waals surface area contributed by atoms with Crippen molar-refractivity contribution >= 4 is 13.6 Å². The van der Waals surface area contributed by atoms with Crippen LogP contribution in [0.3, 0.4) is 0 Å². The summed E-state index contributed by atoms with van der Waals surface area (Å²) >= 11 is 0. The number of ketones is 1. The quantitative estimate of drug-likeness (QED) is 0.152. The van der Waals surface area contributed by atoms with Gasteiger partial charge in [-0.1, -0.05) is 92.4 Å². The maximum Gasteiger partial charge on any atom is 0.473 e. The van der Waals surface area contributed by atoms with Crippen LogP contribution >= 0.6 is 7.82 Å². The second kappa shape index (κ2) is 18.9. The maximum absolute atomic E-state index is 12.5. The molecule has 5 unspecified atom stereocenters. The summed E-state index contributed by atoms with van der Waals surface area (Å²) in [5.41, 5.74) is 5.56. The van der Waals surface area contributed by atoms with E-state index in [-0.39, 0.29) is 24.7 Å². The predicted molar refractivity (Wildman–Crippen MR) is 136 cm³/mol. The van der Waals surface area contributed by atoms with Crippen molar-refractivity contribution in [3.8, 4) is 0 Å². The average Bonchev–Trinajstić information content (AvgIpc) is 2.75. The number of phosphoric ester groups is 1. The van der Waals surface area contributed by atoms with Crippen molar-refractivity contribution in [1.82, 2.24) is 0 Å². The molecule has 0 aliphatic carbocycles. The number of hydrogen-bond donors (Lipinski definition) is 4. The smallest absolute Gasteiger partial charge is 0.394 e. The van der Waals surface area contributed by atoms with Gasteiger partial charge in [0.25, 0.3) is 0 Å². The normalized spacial score (nSPS) is 18.3. The van der Waals surface area contributed by atoms with Crippen molar-refractivity contribution in [3.63, 3.8) is 0 Å². The van der Waals surface area contributed by atoms with Crippen molar-refractivity contribution in [2.24, 2.45) is 29.4 Å². The summed E-state index contributed by atoms with van der Waals surface area (Å²) in [6.07, 6.45) is 8.50. The average molecular weight is 510 g/mol. The number of nitrogens with two attached hydrogens (primary N) is 1. The molecule has 0 aromatic heterocycles. The summed E-state index contributed by atoms with van der Waals surface area (Å²) in [4.78, 5) is 22.2. The maximum atomic E-state index is 12.5. The highest BCUT2D eigenvalue weighted by atomic mass is 31.2. The highest BCUT2D eigenvalue weighted by Crippen LogP contribution is 2.44. The summed E-state index contributed by atoms with van der Waals surface area (Å²) in [6.45, 7) is 9.77. The Hall–Kier alpha value is -0.340. The van der Waals surface area contributed by atoms with Gasteiger partial charge >= 0.3 is 7.82 Å². The molecule has 0 aromatic rings. The minimum atomic E-state index is -4.56.